The third-order valence-electron chi connectivity index (χ3n) is 5.25. The van der Waals surface area contributed by atoms with Crippen molar-refractivity contribution in [2.24, 2.45) is 0 Å². The molecule has 2 heterocycles. The topological polar surface area (TPSA) is 59.3 Å². The number of amides is 1. The summed E-state index contributed by atoms with van der Waals surface area (Å²) in [7, 11) is 0. The fourth-order valence-electron chi connectivity index (χ4n) is 3.70. The maximum absolute atomic E-state index is 13.3. The number of hydrogen-bond acceptors (Lipinski definition) is 4. The first kappa shape index (κ1) is 20.2. The summed E-state index contributed by atoms with van der Waals surface area (Å²) in [6.07, 6.45) is 0. The molecule has 5 nitrogen and oxygen atoms in total. The van der Waals surface area contributed by atoms with Crippen molar-refractivity contribution in [2.75, 3.05) is 5.32 Å². The number of anilines is 1. The van der Waals surface area contributed by atoms with Crippen LogP contribution in [0, 0.1) is 12.7 Å². The van der Waals surface area contributed by atoms with Crippen LogP contribution in [-0.2, 0) is 4.79 Å². The molecule has 1 N–H and O–H groups in total. The molecule has 0 fully saturated rings. The van der Waals surface area contributed by atoms with Crippen LogP contribution in [0.5, 0.6) is 0 Å². The molecule has 0 spiro atoms. The van der Waals surface area contributed by atoms with Gasteiger partial charge in [-0.05, 0) is 54.4 Å². The normalized spacial score (nSPS) is 12.2. The lowest BCUT2D eigenvalue weighted by atomic mass is 10.1. The lowest BCUT2D eigenvalue weighted by Gasteiger charge is -2.17. The van der Waals surface area contributed by atoms with Gasteiger partial charge in [0.25, 0.3) is 0 Å². The highest BCUT2D eigenvalue weighted by atomic mass is 32.2. The van der Waals surface area contributed by atoms with E-state index < -0.39 is 5.25 Å². The van der Waals surface area contributed by atoms with E-state index in [0.29, 0.717) is 10.8 Å². The first-order chi connectivity index (χ1) is 15.6. The Balaban J connectivity index is 1.56. The van der Waals surface area contributed by atoms with Crippen LogP contribution in [0.2, 0.25) is 0 Å². The number of halogens is 1. The number of carbonyl (C=O) groups is 1. The Morgan fingerprint density at radius 3 is 2.47 bits per heavy atom. The van der Waals surface area contributed by atoms with E-state index in [2.05, 4.69) is 21.6 Å². The number of carbonyl (C=O) groups excluding carboxylic acids is 1. The lowest BCUT2D eigenvalue weighted by Crippen LogP contribution is -2.19. The first-order valence-electron chi connectivity index (χ1n) is 10.1. The quantitative estimate of drug-likeness (QED) is 0.349. The average molecular weight is 443 g/mol. The van der Waals surface area contributed by atoms with Crippen LogP contribution < -0.4 is 5.32 Å². The highest BCUT2D eigenvalue weighted by Crippen LogP contribution is 2.37. The molecule has 0 saturated heterocycles. The Kier molecular flexibility index (Phi) is 5.33. The molecule has 3 aromatic carbocycles. The van der Waals surface area contributed by atoms with Crippen LogP contribution in [0.25, 0.3) is 16.6 Å². The third-order valence-corrected chi connectivity index (χ3v) is 6.45. The predicted octanol–water partition coefficient (Wildman–Crippen LogP) is 5.80. The highest BCUT2D eigenvalue weighted by Gasteiger charge is 2.25. The van der Waals surface area contributed by atoms with Gasteiger partial charge in [-0.25, -0.2) is 4.39 Å². The Morgan fingerprint density at radius 2 is 1.69 bits per heavy atom. The largest absolute Gasteiger partial charge is 0.325 e. The predicted molar refractivity (Wildman–Crippen MR) is 125 cm³/mol. The Morgan fingerprint density at radius 1 is 0.969 bits per heavy atom. The second-order valence-corrected chi connectivity index (χ2v) is 8.50. The van der Waals surface area contributed by atoms with Crippen LogP contribution in [0.3, 0.4) is 0 Å². The zero-order valence-electron chi connectivity index (χ0n) is 17.2. The van der Waals surface area contributed by atoms with Gasteiger partial charge in [-0.2, -0.15) is 0 Å². The van der Waals surface area contributed by atoms with Gasteiger partial charge in [0, 0.05) is 11.1 Å². The molecule has 1 atom stereocenters. The van der Waals surface area contributed by atoms with E-state index in [0.717, 1.165) is 27.7 Å². The summed E-state index contributed by atoms with van der Waals surface area (Å²) in [5, 5.41) is 12.8. The smallest absolute Gasteiger partial charge is 0.242 e. The molecule has 0 radical (unpaired) electrons. The maximum Gasteiger partial charge on any atom is 0.242 e. The molecule has 7 heteroatoms. The zero-order chi connectivity index (χ0) is 22.1. The number of nitrogens with zero attached hydrogens (tertiary/aromatic N) is 3. The number of thioether (sulfide) groups is 1. The van der Waals surface area contributed by atoms with Crippen LogP contribution >= 0.6 is 11.8 Å². The SMILES string of the molecule is Cc1cc2nnc(SC(C(=O)Nc3ccc(F)cc3)c3ccccc3)n2c2ccccc12. The molecule has 5 aromatic rings. The Labute approximate surface area is 188 Å². The molecular weight excluding hydrogens is 423 g/mol. The van der Waals surface area contributed by atoms with Crippen molar-refractivity contribution in [1.82, 2.24) is 14.6 Å². The molecule has 32 heavy (non-hydrogen) atoms. The summed E-state index contributed by atoms with van der Waals surface area (Å²) in [6, 6.07) is 25.3. The van der Waals surface area contributed by atoms with Crippen molar-refractivity contribution in [2.45, 2.75) is 17.3 Å². The van der Waals surface area contributed by atoms with Crippen LogP contribution in [0.15, 0.2) is 90.1 Å². The number of aryl methyl sites for hydroxylation is 1. The average Bonchev–Trinajstić information content (AvgIpc) is 3.22. The van der Waals surface area contributed by atoms with E-state index >= 15 is 0 Å². The van der Waals surface area contributed by atoms with Gasteiger partial charge in [0.1, 0.15) is 11.1 Å². The van der Waals surface area contributed by atoms with E-state index in [4.69, 9.17) is 0 Å². The number of aromatic nitrogens is 3. The third kappa shape index (κ3) is 3.83. The van der Waals surface area contributed by atoms with Gasteiger partial charge >= 0.3 is 0 Å². The number of fused-ring (bicyclic) bond motifs is 3. The van der Waals surface area contributed by atoms with E-state index in [-0.39, 0.29) is 11.7 Å². The van der Waals surface area contributed by atoms with Crippen molar-refractivity contribution in [3.63, 3.8) is 0 Å². The summed E-state index contributed by atoms with van der Waals surface area (Å²) in [5.74, 6) is -0.574. The molecular formula is C25H19FN4OS. The second-order valence-electron chi connectivity index (χ2n) is 7.43. The highest BCUT2D eigenvalue weighted by molar-refractivity contribution is 8.00. The number of hydrogen-bond donors (Lipinski definition) is 1. The van der Waals surface area contributed by atoms with Gasteiger partial charge in [0.05, 0.1) is 5.52 Å². The Bertz CT molecular complexity index is 1420. The minimum Gasteiger partial charge on any atom is -0.325 e. The van der Waals surface area contributed by atoms with E-state index in [1.165, 1.54) is 23.9 Å². The number of benzene rings is 3. The minimum absolute atomic E-state index is 0.221. The molecule has 1 unspecified atom stereocenters. The molecule has 0 aliphatic heterocycles. The van der Waals surface area contributed by atoms with Crippen molar-refractivity contribution in [1.29, 1.82) is 0 Å². The molecule has 158 valence electrons. The van der Waals surface area contributed by atoms with Gasteiger partial charge in [0.15, 0.2) is 10.8 Å². The lowest BCUT2D eigenvalue weighted by molar-refractivity contribution is -0.115. The van der Waals surface area contributed by atoms with Crippen molar-refractivity contribution >= 4 is 39.9 Å². The van der Waals surface area contributed by atoms with Crippen molar-refractivity contribution < 1.29 is 9.18 Å². The zero-order valence-corrected chi connectivity index (χ0v) is 18.0. The summed E-state index contributed by atoms with van der Waals surface area (Å²) in [6.45, 7) is 2.05. The number of para-hydroxylation sites is 1. The van der Waals surface area contributed by atoms with Crippen molar-refractivity contribution in [3.8, 4) is 0 Å². The second kappa shape index (κ2) is 8.43. The van der Waals surface area contributed by atoms with Crippen LogP contribution in [0.4, 0.5) is 10.1 Å². The molecule has 5 rings (SSSR count). The number of pyridine rings is 1. The monoisotopic (exact) mass is 442 g/mol. The van der Waals surface area contributed by atoms with E-state index in [1.807, 2.05) is 65.9 Å². The fraction of sp³-hybridized carbons (Fsp3) is 0.0800. The Hall–Kier alpha value is -3.71. The summed E-state index contributed by atoms with van der Waals surface area (Å²) in [5.41, 5.74) is 4.20. The molecule has 0 aliphatic carbocycles. The number of rotatable bonds is 5. The molecule has 0 aliphatic rings. The van der Waals surface area contributed by atoms with Gasteiger partial charge in [-0.15, -0.1) is 10.2 Å². The van der Waals surface area contributed by atoms with E-state index in [9.17, 15) is 9.18 Å². The molecule has 0 saturated carbocycles. The summed E-state index contributed by atoms with van der Waals surface area (Å²) in [4.78, 5) is 13.3. The van der Waals surface area contributed by atoms with Gasteiger partial charge in [-0.3, -0.25) is 9.20 Å². The summed E-state index contributed by atoms with van der Waals surface area (Å²) < 4.78 is 15.2. The summed E-state index contributed by atoms with van der Waals surface area (Å²) >= 11 is 1.33. The minimum atomic E-state index is -0.575. The van der Waals surface area contributed by atoms with Crippen molar-refractivity contribution in [3.05, 3.63) is 102 Å². The molecule has 0 bridgehead atoms. The van der Waals surface area contributed by atoms with E-state index in [1.54, 1.807) is 12.1 Å². The number of nitrogens with one attached hydrogen (secondary N) is 1. The molecule has 2 aromatic heterocycles. The fourth-order valence-corrected chi connectivity index (χ4v) is 4.75. The van der Waals surface area contributed by atoms with Gasteiger partial charge in [0.2, 0.25) is 5.91 Å². The first-order valence-corrected chi connectivity index (χ1v) is 11.0. The van der Waals surface area contributed by atoms with Gasteiger partial charge in [-0.1, -0.05) is 60.3 Å². The van der Waals surface area contributed by atoms with Gasteiger partial charge < -0.3 is 5.32 Å². The standard InChI is InChI=1S/C25H19FN4OS/c1-16-15-22-28-29-25(30(22)21-10-6-5-9-20(16)21)32-23(17-7-3-2-4-8-17)24(31)27-19-13-11-18(26)12-14-19/h2-15,23H,1H3,(H,27,31). The van der Waals surface area contributed by atoms with Crippen LogP contribution in [0.1, 0.15) is 16.4 Å². The van der Waals surface area contributed by atoms with Crippen LogP contribution in [-0.4, -0.2) is 20.5 Å². The maximum atomic E-state index is 13.3. The molecule has 1 amide bonds.